The molecule has 144 valence electrons. The second-order valence-electron chi connectivity index (χ2n) is 6.73. The summed E-state index contributed by atoms with van der Waals surface area (Å²) >= 11 is 1.56. The molecule has 1 aromatic carbocycles. The highest BCUT2D eigenvalue weighted by Gasteiger charge is 2.26. The third kappa shape index (κ3) is 5.14. The maximum Gasteiger partial charge on any atom is 0.234 e. The SMILES string of the molecule is CNC(=O)C1CCN(CC(=O)NC(c2ccc(F)cc2)c2cccs2)CC1. The van der Waals surface area contributed by atoms with Crippen molar-refractivity contribution in [1.82, 2.24) is 15.5 Å². The van der Waals surface area contributed by atoms with Gasteiger partial charge in [0.25, 0.3) is 0 Å². The van der Waals surface area contributed by atoms with E-state index in [4.69, 9.17) is 0 Å². The number of thiophene rings is 1. The lowest BCUT2D eigenvalue weighted by atomic mass is 9.96. The Morgan fingerprint density at radius 2 is 1.93 bits per heavy atom. The van der Waals surface area contributed by atoms with Crippen molar-refractivity contribution in [1.29, 1.82) is 0 Å². The van der Waals surface area contributed by atoms with Crippen LogP contribution in [0.4, 0.5) is 4.39 Å². The van der Waals surface area contributed by atoms with E-state index in [0.717, 1.165) is 36.4 Å². The van der Waals surface area contributed by atoms with Crippen molar-refractivity contribution in [3.63, 3.8) is 0 Å². The van der Waals surface area contributed by atoms with E-state index < -0.39 is 0 Å². The highest BCUT2D eigenvalue weighted by Crippen LogP contribution is 2.26. The van der Waals surface area contributed by atoms with Crippen molar-refractivity contribution in [2.24, 2.45) is 5.92 Å². The van der Waals surface area contributed by atoms with Gasteiger partial charge in [-0.25, -0.2) is 4.39 Å². The zero-order valence-corrected chi connectivity index (χ0v) is 16.1. The van der Waals surface area contributed by atoms with Gasteiger partial charge in [0.2, 0.25) is 11.8 Å². The third-order valence-corrected chi connectivity index (χ3v) is 5.85. The Hall–Kier alpha value is -2.25. The third-order valence-electron chi connectivity index (χ3n) is 4.91. The van der Waals surface area contributed by atoms with Crippen LogP contribution in [0.5, 0.6) is 0 Å². The Bertz CT molecular complexity index is 756. The molecular weight excluding hydrogens is 365 g/mol. The molecule has 7 heteroatoms. The Morgan fingerprint density at radius 3 is 2.52 bits per heavy atom. The summed E-state index contributed by atoms with van der Waals surface area (Å²) in [6, 6.07) is 9.84. The van der Waals surface area contributed by atoms with Crippen LogP contribution in [0.1, 0.15) is 29.3 Å². The fraction of sp³-hybridized carbons (Fsp3) is 0.400. The predicted molar refractivity (Wildman–Crippen MR) is 104 cm³/mol. The van der Waals surface area contributed by atoms with Gasteiger partial charge in [0, 0.05) is 17.8 Å². The molecule has 1 saturated heterocycles. The molecule has 2 amide bonds. The normalized spacial score (nSPS) is 16.7. The van der Waals surface area contributed by atoms with Crippen LogP contribution in [0.15, 0.2) is 41.8 Å². The minimum atomic E-state index is -0.297. The van der Waals surface area contributed by atoms with Crippen molar-refractivity contribution < 1.29 is 14.0 Å². The Balaban J connectivity index is 1.60. The number of benzene rings is 1. The van der Waals surface area contributed by atoms with Crippen molar-refractivity contribution in [3.8, 4) is 0 Å². The molecule has 1 aliphatic heterocycles. The Labute approximate surface area is 162 Å². The molecule has 1 fully saturated rings. The van der Waals surface area contributed by atoms with Crippen molar-refractivity contribution in [2.45, 2.75) is 18.9 Å². The van der Waals surface area contributed by atoms with Gasteiger partial charge in [-0.3, -0.25) is 14.5 Å². The summed E-state index contributed by atoms with van der Waals surface area (Å²) in [5.41, 5.74) is 0.852. The standard InChI is InChI=1S/C20H24FN3O2S/c1-22-20(26)15-8-10-24(11-9-15)13-18(25)23-19(17-3-2-12-27-17)14-4-6-16(21)7-5-14/h2-7,12,15,19H,8-11,13H2,1H3,(H,22,26)(H,23,25). The van der Waals surface area contributed by atoms with Gasteiger partial charge in [0.15, 0.2) is 0 Å². The topological polar surface area (TPSA) is 61.4 Å². The lowest BCUT2D eigenvalue weighted by Gasteiger charge is -2.31. The first-order valence-corrected chi connectivity index (χ1v) is 9.97. The van der Waals surface area contributed by atoms with Gasteiger partial charge in [-0.1, -0.05) is 18.2 Å². The number of piperidine rings is 1. The van der Waals surface area contributed by atoms with Gasteiger partial charge in [-0.15, -0.1) is 11.3 Å². The van der Waals surface area contributed by atoms with Crippen LogP contribution in [0.3, 0.4) is 0 Å². The highest BCUT2D eigenvalue weighted by molar-refractivity contribution is 7.10. The molecule has 2 aromatic rings. The van der Waals surface area contributed by atoms with Crippen molar-refractivity contribution >= 4 is 23.2 Å². The number of carbonyl (C=O) groups is 2. The van der Waals surface area contributed by atoms with Gasteiger partial charge in [-0.2, -0.15) is 0 Å². The average molecular weight is 389 g/mol. The first kappa shape index (κ1) is 19.5. The lowest BCUT2D eigenvalue weighted by Crippen LogP contribution is -2.44. The van der Waals surface area contributed by atoms with E-state index in [0.29, 0.717) is 6.54 Å². The number of halogens is 1. The fourth-order valence-electron chi connectivity index (χ4n) is 3.40. The molecule has 0 radical (unpaired) electrons. The van der Waals surface area contributed by atoms with Crippen LogP contribution >= 0.6 is 11.3 Å². The average Bonchev–Trinajstić information content (AvgIpc) is 3.21. The second kappa shape index (κ2) is 9.10. The second-order valence-corrected chi connectivity index (χ2v) is 7.71. The molecule has 0 spiro atoms. The molecule has 2 heterocycles. The van der Waals surface area contributed by atoms with E-state index in [9.17, 15) is 14.0 Å². The summed E-state index contributed by atoms with van der Waals surface area (Å²) in [4.78, 5) is 27.4. The van der Waals surface area contributed by atoms with E-state index in [2.05, 4.69) is 15.5 Å². The highest BCUT2D eigenvalue weighted by atomic mass is 32.1. The van der Waals surface area contributed by atoms with E-state index >= 15 is 0 Å². The van der Waals surface area contributed by atoms with Crippen molar-refractivity contribution in [2.75, 3.05) is 26.7 Å². The van der Waals surface area contributed by atoms with Gasteiger partial charge in [0.1, 0.15) is 5.82 Å². The van der Waals surface area contributed by atoms with E-state index in [-0.39, 0.29) is 29.6 Å². The smallest absolute Gasteiger partial charge is 0.234 e. The summed E-state index contributed by atoms with van der Waals surface area (Å²) in [6.07, 6.45) is 1.53. The van der Waals surface area contributed by atoms with Crippen LogP contribution in [0.2, 0.25) is 0 Å². The van der Waals surface area contributed by atoms with Crippen LogP contribution in [-0.4, -0.2) is 43.4 Å². The first-order chi connectivity index (χ1) is 13.1. The maximum absolute atomic E-state index is 13.3. The minimum Gasteiger partial charge on any atom is -0.359 e. The maximum atomic E-state index is 13.3. The van der Waals surface area contributed by atoms with Gasteiger partial charge in [-0.05, 0) is 55.1 Å². The summed E-state index contributed by atoms with van der Waals surface area (Å²) in [5.74, 6) is -0.259. The molecule has 0 aliphatic carbocycles. The molecule has 3 rings (SSSR count). The summed E-state index contributed by atoms with van der Waals surface area (Å²) in [7, 11) is 1.66. The first-order valence-electron chi connectivity index (χ1n) is 9.09. The van der Waals surface area contributed by atoms with Crippen molar-refractivity contribution in [3.05, 3.63) is 58.0 Å². The van der Waals surface area contributed by atoms with Gasteiger partial charge < -0.3 is 10.6 Å². The number of rotatable bonds is 6. The Morgan fingerprint density at radius 1 is 1.22 bits per heavy atom. The summed E-state index contributed by atoms with van der Waals surface area (Å²) in [5, 5.41) is 7.73. The van der Waals surface area contributed by atoms with E-state index in [1.54, 1.807) is 30.5 Å². The van der Waals surface area contributed by atoms with Crippen LogP contribution < -0.4 is 10.6 Å². The number of hydrogen-bond donors (Lipinski definition) is 2. The number of likely N-dealkylation sites (tertiary alicyclic amines) is 1. The molecule has 1 aliphatic rings. The predicted octanol–water partition coefficient (Wildman–Crippen LogP) is 2.55. The molecule has 27 heavy (non-hydrogen) atoms. The molecule has 0 bridgehead atoms. The zero-order chi connectivity index (χ0) is 19.2. The van der Waals surface area contributed by atoms with Gasteiger partial charge >= 0.3 is 0 Å². The largest absolute Gasteiger partial charge is 0.359 e. The summed E-state index contributed by atoms with van der Waals surface area (Å²) in [6.45, 7) is 1.75. The van der Waals surface area contributed by atoms with Gasteiger partial charge in [0.05, 0.1) is 12.6 Å². The van der Waals surface area contributed by atoms with E-state index in [1.807, 2.05) is 17.5 Å². The number of nitrogens with one attached hydrogen (secondary N) is 2. The molecular formula is C20H24FN3O2S. The summed E-state index contributed by atoms with van der Waals surface area (Å²) < 4.78 is 13.3. The molecule has 2 N–H and O–H groups in total. The molecule has 1 unspecified atom stereocenters. The monoisotopic (exact) mass is 389 g/mol. The lowest BCUT2D eigenvalue weighted by molar-refractivity contribution is -0.126. The number of amides is 2. The quantitative estimate of drug-likeness (QED) is 0.798. The number of hydrogen-bond acceptors (Lipinski definition) is 4. The Kier molecular flexibility index (Phi) is 6.58. The van der Waals surface area contributed by atoms with Crippen LogP contribution in [0, 0.1) is 11.7 Å². The molecule has 1 aromatic heterocycles. The van der Waals surface area contributed by atoms with E-state index in [1.165, 1.54) is 12.1 Å². The zero-order valence-electron chi connectivity index (χ0n) is 15.3. The minimum absolute atomic E-state index is 0.0346. The van der Waals surface area contributed by atoms with Crippen LogP contribution in [0.25, 0.3) is 0 Å². The fourth-order valence-corrected chi connectivity index (χ4v) is 4.20. The molecule has 5 nitrogen and oxygen atoms in total. The number of carbonyl (C=O) groups excluding carboxylic acids is 2. The molecule has 1 atom stereocenters. The molecule has 0 saturated carbocycles. The van der Waals surface area contributed by atoms with Crippen LogP contribution in [-0.2, 0) is 9.59 Å². The number of nitrogens with zero attached hydrogens (tertiary/aromatic N) is 1.